The molecule has 1 amide bonds. The summed E-state index contributed by atoms with van der Waals surface area (Å²) < 4.78 is 6.99. The molecule has 0 fully saturated rings. The van der Waals surface area contributed by atoms with Gasteiger partial charge < -0.3 is 10.1 Å². The Labute approximate surface area is 145 Å². The molecule has 0 aliphatic carbocycles. The maximum absolute atomic E-state index is 12.3. The number of nitrogens with one attached hydrogen (secondary N) is 1. The van der Waals surface area contributed by atoms with Crippen molar-refractivity contribution in [2.45, 2.75) is 6.92 Å². The van der Waals surface area contributed by atoms with Crippen molar-refractivity contribution >= 4 is 55.1 Å². The van der Waals surface area contributed by atoms with E-state index in [4.69, 9.17) is 4.74 Å². The number of methoxy groups -OCH3 is 1. The third-order valence-corrected chi connectivity index (χ3v) is 5.10. The quantitative estimate of drug-likeness (QED) is 0.690. The van der Waals surface area contributed by atoms with Gasteiger partial charge in [0.25, 0.3) is 5.91 Å². The van der Waals surface area contributed by atoms with Gasteiger partial charge in [0.1, 0.15) is 5.75 Å². The fourth-order valence-corrected chi connectivity index (χ4v) is 3.74. The van der Waals surface area contributed by atoms with Crippen LogP contribution in [0.2, 0.25) is 0 Å². The van der Waals surface area contributed by atoms with Crippen molar-refractivity contribution in [3.63, 3.8) is 0 Å². The summed E-state index contributed by atoms with van der Waals surface area (Å²) in [7, 11) is 1.63. The molecule has 3 rings (SSSR count). The minimum Gasteiger partial charge on any atom is -0.497 e. The fraction of sp³-hybridized carbons (Fsp3) is 0.118. The number of anilines is 1. The lowest BCUT2D eigenvalue weighted by Crippen LogP contribution is -2.03. The van der Waals surface area contributed by atoms with Crippen LogP contribution >= 0.6 is 31.9 Å². The average Bonchev–Trinajstić information content (AvgIpc) is 2.83. The highest BCUT2D eigenvalue weighted by molar-refractivity contribution is 9.11. The SMILES string of the molecule is COc1ccc(C=C2C(=O)Nc3c(Br)cc(Br)c(C)c32)cc1. The Hall–Kier alpha value is -1.59. The Bertz CT molecular complexity index is 795. The van der Waals surface area contributed by atoms with Crippen molar-refractivity contribution in [3.8, 4) is 5.75 Å². The minimum atomic E-state index is -0.0901. The highest BCUT2D eigenvalue weighted by Gasteiger charge is 2.28. The number of ether oxygens (including phenoxy) is 1. The van der Waals surface area contributed by atoms with Crippen LogP contribution in [0.4, 0.5) is 5.69 Å². The molecule has 0 unspecified atom stereocenters. The van der Waals surface area contributed by atoms with Gasteiger partial charge in [0.2, 0.25) is 0 Å². The van der Waals surface area contributed by atoms with Crippen molar-refractivity contribution in [1.82, 2.24) is 0 Å². The zero-order chi connectivity index (χ0) is 15.9. The van der Waals surface area contributed by atoms with Gasteiger partial charge in [-0.15, -0.1) is 0 Å². The second-order valence-corrected chi connectivity index (χ2v) is 6.71. The summed E-state index contributed by atoms with van der Waals surface area (Å²) in [6.07, 6.45) is 1.90. The van der Waals surface area contributed by atoms with E-state index >= 15 is 0 Å². The summed E-state index contributed by atoms with van der Waals surface area (Å²) in [6, 6.07) is 9.57. The van der Waals surface area contributed by atoms with Gasteiger partial charge in [-0.25, -0.2) is 0 Å². The molecule has 1 aliphatic heterocycles. The molecule has 1 N–H and O–H groups in total. The number of amides is 1. The summed E-state index contributed by atoms with van der Waals surface area (Å²) in [5.41, 5.74) is 4.41. The van der Waals surface area contributed by atoms with Gasteiger partial charge in [0, 0.05) is 20.1 Å². The number of hydrogen-bond donors (Lipinski definition) is 1. The van der Waals surface area contributed by atoms with Gasteiger partial charge in [-0.05, 0) is 58.3 Å². The molecule has 22 heavy (non-hydrogen) atoms. The summed E-state index contributed by atoms with van der Waals surface area (Å²) >= 11 is 7.04. The van der Waals surface area contributed by atoms with E-state index in [0.29, 0.717) is 5.57 Å². The first-order chi connectivity index (χ1) is 10.5. The van der Waals surface area contributed by atoms with Crippen molar-refractivity contribution in [3.05, 3.63) is 56.0 Å². The van der Waals surface area contributed by atoms with Crippen LogP contribution < -0.4 is 10.1 Å². The van der Waals surface area contributed by atoms with Gasteiger partial charge >= 0.3 is 0 Å². The zero-order valence-electron chi connectivity index (χ0n) is 12.0. The average molecular weight is 423 g/mol. The number of carbonyl (C=O) groups excluding carboxylic acids is 1. The van der Waals surface area contributed by atoms with E-state index in [9.17, 15) is 4.79 Å². The molecule has 0 aromatic heterocycles. The van der Waals surface area contributed by atoms with Crippen molar-refractivity contribution < 1.29 is 9.53 Å². The molecule has 0 spiro atoms. The number of rotatable bonds is 2. The van der Waals surface area contributed by atoms with Gasteiger partial charge in [-0.1, -0.05) is 28.1 Å². The van der Waals surface area contributed by atoms with Gasteiger partial charge in [0.05, 0.1) is 12.8 Å². The summed E-state index contributed by atoms with van der Waals surface area (Å²) in [6.45, 7) is 2.00. The Balaban J connectivity index is 2.13. The standard InChI is InChI=1S/C17H13Br2NO2/c1-9-13(18)8-14(19)16-15(9)12(17(21)20-16)7-10-3-5-11(22-2)6-4-10/h3-8H,1-2H3,(H,20,21). The highest BCUT2D eigenvalue weighted by atomic mass is 79.9. The smallest absolute Gasteiger partial charge is 0.256 e. The first-order valence-electron chi connectivity index (χ1n) is 6.67. The van der Waals surface area contributed by atoms with Crippen LogP contribution in [0.1, 0.15) is 16.7 Å². The monoisotopic (exact) mass is 421 g/mol. The normalized spacial score (nSPS) is 14.9. The summed E-state index contributed by atoms with van der Waals surface area (Å²) in [5, 5.41) is 2.93. The van der Waals surface area contributed by atoms with Crippen LogP contribution in [0.5, 0.6) is 5.75 Å². The Morgan fingerprint density at radius 3 is 2.45 bits per heavy atom. The van der Waals surface area contributed by atoms with Gasteiger partial charge in [0.15, 0.2) is 0 Å². The number of halogens is 2. The molecule has 0 bridgehead atoms. The Morgan fingerprint density at radius 1 is 1.14 bits per heavy atom. The highest BCUT2D eigenvalue weighted by Crippen LogP contribution is 2.43. The summed E-state index contributed by atoms with van der Waals surface area (Å²) in [4.78, 5) is 12.3. The molecule has 2 aromatic carbocycles. The molecule has 1 heterocycles. The molecule has 0 saturated heterocycles. The van der Waals surface area contributed by atoms with Crippen molar-refractivity contribution in [1.29, 1.82) is 0 Å². The zero-order valence-corrected chi connectivity index (χ0v) is 15.2. The minimum absolute atomic E-state index is 0.0901. The number of carbonyl (C=O) groups is 1. The van der Waals surface area contributed by atoms with E-state index in [1.54, 1.807) is 7.11 Å². The fourth-order valence-electron chi connectivity index (χ4n) is 2.48. The summed E-state index contributed by atoms with van der Waals surface area (Å²) in [5.74, 6) is 0.702. The van der Waals surface area contributed by atoms with E-state index in [0.717, 1.165) is 37.1 Å². The molecular formula is C17H13Br2NO2. The molecule has 2 aromatic rings. The number of fused-ring (bicyclic) bond motifs is 1. The molecule has 5 heteroatoms. The van der Waals surface area contributed by atoms with E-state index in [-0.39, 0.29) is 5.91 Å². The van der Waals surface area contributed by atoms with Gasteiger partial charge in [-0.2, -0.15) is 0 Å². The second kappa shape index (κ2) is 5.89. The van der Waals surface area contributed by atoms with E-state index < -0.39 is 0 Å². The number of benzene rings is 2. The topological polar surface area (TPSA) is 38.3 Å². The van der Waals surface area contributed by atoms with Crippen molar-refractivity contribution in [2.24, 2.45) is 0 Å². The molecule has 112 valence electrons. The molecular weight excluding hydrogens is 410 g/mol. The third-order valence-electron chi connectivity index (χ3n) is 3.65. The van der Waals surface area contributed by atoms with Crippen molar-refractivity contribution in [2.75, 3.05) is 12.4 Å². The van der Waals surface area contributed by atoms with Crippen LogP contribution in [-0.2, 0) is 4.79 Å². The third kappa shape index (κ3) is 2.59. The van der Waals surface area contributed by atoms with Crippen LogP contribution in [-0.4, -0.2) is 13.0 Å². The predicted molar refractivity (Wildman–Crippen MR) is 96.1 cm³/mol. The lowest BCUT2D eigenvalue weighted by Gasteiger charge is -2.08. The molecule has 0 atom stereocenters. The maximum atomic E-state index is 12.3. The second-order valence-electron chi connectivity index (χ2n) is 5.00. The maximum Gasteiger partial charge on any atom is 0.256 e. The lowest BCUT2D eigenvalue weighted by molar-refractivity contribution is -0.110. The van der Waals surface area contributed by atoms with E-state index in [2.05, 4.69) is 37.2 Å². The van der Waals surface area contributed by atoms with Crippen LogP contribution in [0, 0.1) is 6.92 Å². The Morgan fingerprint density at radius 2 is 1.82 bits per heavy atom. The van der Waals surface area contributed by atoms with Crippen LogP contribution in [0.25, 0.3) is 11.6 Å². The molecule has 0 radical (unpaired) electrons. The van der Waals surface area contributed by atoms with E-state index in [1.807, 2.05) is 43.3 Å². The van der Waals surface area contributed by atoms with E-state index in [1.165, 1.54) is 0 Å². The van der Waals surface area contributed by atoms with Crippen LogP contribution in [0.15, 0.2) is 39.3 Å². The van der Waals surface area contributed by atoms with Crippen LogP contribution in [0.3, 0.4) is 0 Å². The molecule has 0 saturated carbocycles. The predicted octanol–water partition coefficient (Wildman–Crippen LogP) is 5.02. The molecule has 3 nitrogen and oxygen atoms in total. The van der Waals surface area contributed by atoms with Gasteiger partial charge in [-0.3, -0.25) is 4.79 Å². The first-order valence-corrected chi connectivity index (χ1v) is 8.26. The first kappa shape index (κ1) is 15.3. The lowest BCUT2D eigenvalue weighted by atomic mass is 9.99. The Kier molecular flexibility index (Phi) is 4.10. The largest absolute Gasteiger partial charge is 0.497 e. The molecule has 1 aliphatic rings. The number of hydrogen-bond acceptors (Lipinski definition) is 2.